The average Bonchev–Trinajstić information content (AvgIpc) is 2.66. The van der Waals surface area contributed by atoms with E-state index < -0.39 is 16.4 Å². The van der Waals surface area contributed by atoms with Crippen LogP contribution in [-0.2, 0) is 17.8 Å². The lowest BCUT2D eigenvalue weighted by molar-refractivity contribution is -0.921. The molecule has 0 spiro atoms. The van der Waals surface area contributed by atoms with Gasteiger partial charge in [-0.05, 0) is 22.9 Å². The quantitative estimate of drug-likeness (QED) is 0.458. The SMILES string of the molecule is O=[N+]([O-])c1cc(Cl)cc(C=NCc2ccccc2C[NH+]2CCOCC2)c1[O-]. The number of ether oxygens (including phenoxy) is 1. The fraction of sp³-hybridized carbons (Fsp3) is 0.316. The van der Waals surface area contributed by atoms with E-state index in [4.69, 9.17) is 16.3 Å². The molecule has 0 atom stereocenters. The molecule has 0 aliphatic carbocycles. The fourth-order valence-corrected chi connectivity index (χ4v) is 3.28. The molecule has 8 heteroatoms. The highest BCUT2D eigenvalue weighted by molar-refractivity contribution is 6.31. The number of hydrogen-bond acceptors (Lipinski definition) is 5. The van der Waals surface area contributed by atoms with E-state index in [0.717, 1.165) is 44.5 Å². The van der Waals surface area contributed by atoms with Crippen molar-refractivity contribution in [3.63, 3.8) is 0 Å². The number of nitrogens with zero attached hydrogens (tertiary/aromatic N) is 2. The first kappa shape index (κ1) is 19.3. The topological polar surface area (TPSA) is 92.2 Å². The van der Waals surface area contributed by atoms with E-state index in [2.05, 4.69) is 11.1 Å². The molecule has 1 saturated heterocycles. The van der Waals surface area contributed by atoms with Crippen LogP contribution in [0, 0.1) is 10.1 Å². The summed E-state index contributed by atoms with van der Waals surface area (Å²) in [7, 11) is 0. The molecule has 3 rings (SSSR count). The lowest BCUT2D eigenvalue weighted by atomic mass is 10.1. The van der Waals surface area contributed by atoms with E-state index >= 15 is 0 Å². The van der Waals surface area contributed by atoms with Gasteiger partial charge in [0.2, 0.25) is 0 Å². The maximum absolute atomic E-state index is 12.1. The minimum absolute atomic E-state index is 0.116. The van der Waals surface area contributed by atoms with Gasteiger partial charge in [0.05, 0.1) is 24.7 Å². The van der Waals surface area contributed by atoms with Crippen LogP contribution in [0.5, 0.6) is 5.75 Å². The molecular weight excluding hydrogens is 370 g/mol. The molecule has 0 aromatic heterocycles. The molecule has 0 saturated carbocycles. The number of nitro benzene ring substituents is 1. The Morgan fingerprint density at radius 3 is 2.63 bits per heavy atom. The first-order valence-corrected chi connectivity index (χ1v) is 9.05. The molecule has 1 aliphatic rings. The summed E-state index contributed by atoms with van der Waals surface area (Å²) in [6.45, 7) is 4.78. The van der Waals surface area contributed by atoms with Crippen LogP contribution < -0.4 is 10.0 Å². The zero-order valence-electron chi connectivity index (χ0n) is 14.7. The Hall–Kier alpha value is -2.48. The van der Waals surface area contributed by atoms with Crippen LogP contribution in [0.3, 0.4) is 0 Å². The van der Waals surface area contributed by atoms with Gasteiger partial charge in [0.15, 0.2) is 0 Å². The van der Waals surface area contributed by atoms with Crippen molar-refractivity contribution >= 4 is 23.5 Å². The normalized spacial score (nSPS) is 15.3. The predicted octanol–water partition coefficient (Wildman–Crippen LogP) is 1.36. The molecular formula is C19H20ClN3O4. The summed E-state index contributed by atoms with van der Waals surface area (Å²) in [4.78, 5) is 16.0. The van der Waals surface area contributed by atoms with Crippen LogP contribution >= 0.6 is 11.6 Å². The van der Waals surface area contributed by atoms with Gasteiger partial charge in [-0.25, -0.2) is 0 Å². The lowest BCUT2D eigenvalue weighted by Crippen LogP contribution is -3.12. The highest BCUT2D eigenvalue weighted by Gasteiger charge is 2.16. The number of morpholine rings is 1. The fourth-order valence-electron chi connectivity index (χ4n) is 3.06. The first-order chi connectivity index (χ1) is 13.0. The third-order valence-corrected chi connectivity index (χ3v) is 4.73. The molecule has 1 fully saturated rings. The van der Waals surface area contributed by atoms with Gasteiger partial charge in [-0.2, -0.15) is 0 Å². The average molecular weight is 390 g/mol. The van der Waals surface area contributed by atoms with Crippen LogP contribution in [0.25, 0.3) is 0 Å². The smallest absolute Gasteiger partial charge is 0.263 e. The first-order valence-electron chi connectivity index (χ1n) is 8.67. The Balaban J connectivity index is 1.74. The third kappa shape index (κ3) is 5.03. The van der Waals surface area contributed by atoms with Gasteiger partial charge in [0.1, 0.15) is 19.6 Å². The van der Waals surface area contributed by atoms with Gasteiger partial charge in [0, 0.05) is 22.9 Å². The van der Waals surface area contributed by atoms with Crippen molar-refractivity contribution in [1.29, 1.82) is 0 Å². The van der Waals surface area contributed by atoms with E-state index in [9.17, 15) is 15.2 Å². The van der Waals surface area contributed by atoms with Crippen molar-refractivity contribution in [2.24, 2.45) is 4.99 Å². The Kier molecular flexibility index (Phi) is 6.39. The molecule has 2 aromatic rings. The van der Waals surface area contributed by atoms with Gasteiger partial charge in [-0.1, -0.05) is 35.9 Å². The maximum Gasteiger partial charge on any atom is 0.263 e. The summed E-state index contributed by atoms with van der Waals surface area (Å²) in [6, 6.07) is 10.5. The highest BCUT2D eigenvalue weighted by Crippen LogP contribution is 2.30. The second-order valence-corrected chi connectivity index (χ2v) is 6.81. The second-order valence-electron chi connectivity index (χ2n) is 6.38. The van der Waals surface area contributed by atoms with Crippen LogP contribution in [0.2, 0.25) is 5.02 Å². The number of halogens is 1. The van der Waals surface area contributed by atoms with Crippen molar-refractivity contribution in [3.05, 3.63) is 68.2 Å². The lowest BCUT2D eigenvalue weighted by Gasteiger charge is -2.24. The van der Waals surface area contributed by atoms with E-state index in [1.807, 2.05) is 18.2 Å². The molecule has 1 aliphatic heterocycles. The zero-order chi connectivity index (χ0) is 19.2. The number of nitro groups is 1. The third-order valence-electron chi connectivity index (χ3n) is 4.51. The summed E-state index contributed by atoms with van der Waals surface area (Å²) in [6.07, 6.45) is 1.36. The Morgan fingerprint density at radius 1 is 1.22 bits per heavy atom. The van der Waals surface area contributed by atoms with Crippen molar-refractivity contribution in [2.75, 3.05) is 26.3 Å². The summed E-state index contributed by atoms with van der Waals surface area (Å²) in [5.41, 5.74) is 1.84. The zero-order valence-corrected chi connectivity index (χ0v) is 15.4. The molecule has 0 amide bonds. The van der Waals surface area contributed by atoms with E-state index in [1.54, 1.807) is 0 Å². The molecule has 2 aromatic carbocycles. The highest BCUT2D eigenvalue weighted by atomic mass is 35.5. The number of hydrogen-bond donors (Lipinski definition) is 1. The van der Waals surface area contributed by atoms with Crippen LogP contribution in [-0.4, -0.2) is 37.4 Å². The number of rotatable bonds is 6. The molecule has 142 valence electrons. The second kappa shape index (κ2) is 8.94. The number of aliphatic imine (C=N–C) groups is 1. The molecule has 0 radical (unpaired) electrons. The van der Waals surface area contributed by atoms with Crippen LogP contribution in [0.15, 0.2) is 41.4 Å². The Labute approximate surface area is 162 Å². The Morgan fingerprint density at radius 2 is 1.93 bits per heavy atom. The summed E-state index contributed by atoms with van der Waals surface area (Å²) < 4.78 is 5.40. The monoisotopic (exact) mass is 389 g/mol. The van der Waals surface area contributed by atoms with Crippen molar-refractivity contribution < 1.29 is 19.7 Å². The number of nitrogens with one attached hydrogen (secondary N) is 1. The Bertz CT molecular complexity index is 851. The standard InChI is InChI=1S/C19H20ClN3O4/c20-17-9-16(19(24)18(10-17)23(25)26)12-21-11-14-3-1-2-4-15(14)13-22-5-7-27-8-6-22/h1-4,9-10,12,24H,5-8,11,13H2. The molecule has 7 nitrogen and oxygen atoms in total. The van der Waals surface area contributed by atoms with Crippen molar-refractivity contribution in [1.82, 2.24) is 0 Å². The number of benzene rings is 2. The largest absolute Gasteiger partial charge is 0.867 e. The van der Waals surface area contributed by atoms with E-state index in [0.29, 0.717) is 6.54 Å². The minimum atomic E-state index is -0.730. The van der Waals surface area contributed by atoms with E-state index in [1.165, 1.54) is 22.7 Å². The molecule has 0 unspecified atom stereocenters. The van der Waals surface area contributed by atoms with Gasteiger partial charge >= 0.3 is 0 Å². The summed E-state index contributed by atoms with van der Waals surface area (Å²) in [5.74, 6) is -0.681. The van der Waals surface area contributed by atoms with Crippen LogP contribution in [0.1, 0.15) is 16.7 Å². The maximum atomic E-state index is 12.1. The van der Waals surface area contributed by atoms with Crippen molar-refractivity contribution in [3.8, 4) is 5.75 Å². The van der Waals surface area contributed by atoms with Crippen molar-refractivity contribution in [2.45, 2.75) is 13.1 Å². The van der Waals surface area contributed by atoms with Crippen LogP contribution in [0.4, 0.5) is 5.69 Å². The van der Waals surface area contributed by atoms with E-state index in [-0.39, 0.29) is 10.6 Å². The minimum Gasteiger partial charge on any atom is -0.867 e. The molecule has 1 heterocycles. The molecule has 0 bridgehead atoms. The van der Waals surface area contributed by atoms with Gasteiger partial charge in [-0.15, -0.1) is 0 Å². The summed E-state index contributed by atoms with van der Waals surface area (Å²) in [5, 5.41) is 23.2. The van der Waals surface area contributed by atoms with Gasteiger partial charge < -0.3 is 14.7 Å². The summed E-state index contributed by atoms with van der Waals surface area (Å²) >= 11 is 5.88. The number of quaternary nitrogens is 1. The predicted molar refractivity (Wildman–Crippen MR) is 101 cm³/mol. The van der Waals surface area contributed by atoms with Gasteiger partial charge in [0.25, 0.3) is 5.69 Å². The van der Waals surface area contributed by atoms with Gasteiger partial charge in [-0.3, -0.25) is 15.1 Å². The molecule has 27 heavy (non-hydrogen) atoms. The molecule has 1 N–H and O–H groups in total.